The Morgan fingerprint density at radius 1 is 1.19 bits per heavy atom. The lowest BCUT2D eigenvalue weighted by Gasteiger charge is -2.24. The van der Waals surface area contributed by atoms with Crippen molar-refractivity contribution < 1.29 is 17.9 Å². The number of benzene rings is 2. The van der Waals surface area contributed by atoms with Gasteiger partial charge >= 0.3 is 0 Å². The zero-order chi connectivity index (χ0) is 22.0. The van der Waals surface area contributed by atoms with E-state index in [4.69, 9.17) is 16.3 Å². The lowest BCUT2D eigenvalue weighted by atomic mass is 10.1. The maximum Gasteiger partial charge on any atom is 0.252 e. The van der Waals surface area contributed by atoms with Crippen LogP contribution in [0.2, 0.25) is 5.02 Å². The highest BCUT2D eigenvalue weighted by molar-refractivity contribution is 8.15. The highest BCUT2D eigenvalue weighted by Crippen LogP contribution is 2.38. The Bertz CT molecular complexity index is 1100. The molecule has 164 valence electrons. The van der Waals surface area contributed by atoms with Crippen molar-refractivity contribution in [1.29, 1.82) is 0 Å². The summed E-state index contributed by atoms with van der Waals surface area (Å²) in [4.78, 5) is 19.0. The molecule has 0 radical (unpaired) electrons. The largest absolute Gasteiger partial charge is 0.497 e. The molecule has 2 aliphatic heterocycles. The summed E-state index contributed by atoms with van der Waals surface area (Å²) < 4.78 is 29.5. The van der Waals surface area contributed by atoms with Crippen molar-refractivity contribution in [2.75, 3.05) is 25.2 Å². The molecule has 0 unspecified atom stereocenters. The first-order valence-corrected chi connectivity index (χ1v) is 13.0. The second-order valence-corrected chi connectivity index (χ2v) is 11.4. The Morgan fingerprint density at radius 3 is 2.65 bits per heavy atom. The third-order valence-corrected chi connectivity index (χ3v) is 9.11. The molecule has 0 bridgehead atoms. The van der Waals surface area contributed by atoms with Gasteiger partial charge in [0.1, 0.15) is 5.75 Å². The number of methoxy groups -OCH3 is 1. The molecular weight excluding hydrogens is 456 g/mol. The molecule has 0 saturated carbocycles. The van der Waals surface area contributed by atoms with Gasteiger partial charge in [-0.1, -0.05) is 53.7 Å². The van der Waals surface area contributed by atoms with E-state index in [0.29, 0.717) is 23.2 Å². The number of halogens is 1. The van der Waals surface area contributed by atoms with Gasteiger partial charge in [0.05, 0.1) is 31.1 Å². The lowest BCUT2D eigenvalue weighted by Crippen LogP contribution is -2.39. The molecule has 9 heteroatoms. The van der Waals surface area contributed by atoms with E-state index < -0.39 is 9.84 Å². The number of amidine groups is 1. The maximum atomic E-state index is 12.6. The van der Waals surface area contributed by atoms with Gasteiger partial charge in [-0.3, -0.25) is 4.79 Å². The topological polar surface area (TPSA) is 76.0 Å². The van der Waals surface area contributed by atoms with Crippen LogP contribution in [0, 0.1) is 0 Å². The average Bonchev–Trinajstić information content (AvgIpc) is 3.19. The van der Waals surface area contributed by atoms with E-state index in [0.717, 1.165) is 16.9 Å². The van der Waals surface area contributed by atoms with Gasteiger partial charge in [-0.05, 0) is 35.7 Å². The van der Waals surface area contributed by atoms with Gasteiger partial charge in [0.25, 0.3) is 5.91 Å². The minimum atomic E-state index is -3.07. The molecule has 2 aromatic rings. The number of amides is 1. The molecule has 2 aromatic carbocycles. The Kier molecular flexibility index (Phi) is 6.60. The molecule has 2 fully saturated rings. The second kappa shape index (κ2) is 9.22. The third-order valence-electron chi connectivity index (χ3n) is 5.50. The predicted molar refractivity (Wildman–Crippen MR) is 125 cm³/mol. The molecule has 4 rings (SSSR count). The van der Waals surface area contributed by atoms with Crippen LogP contribution < -0.4 is 4.74 Å². The summed E-state index contributed by atoms with van der Waals surface area (Å²) in [5.41, 5.74) is 1.84. The molecule has 31 heavy (non-hydrogen) atoms. The maximum absolute atomic E-state index is 12.6. The van der Waals surface area contributed by atoms with Gasteiger partial charge in [-0.25, -0.2) is 8.42 Å². The number of hydrogen-bond acceptors (Lipinski definition) is 5. The number of rotatable bonds is 6. The van der Waals surface area contributed by atoms with E-state index in [1.54, 1.807) is 13.2 Å². The second-order valence-electron chi connectivity index (χ2n) is 7.65. The smallest absolute Gasteiger partial charge is 0.252 e. The number of ether oxygens (including phenoxy) is 1. The molecule has 2 saturated heterocycles. The van der Waals surface area contributed by atoms with Crippen LogP contribution in [0.1, 0.15) is 11.1 Å². The fourth-order valence-electron chi connectivity index (χ4n) is 3.89. The summed E-state index contributed by atoms with van der Waals surface area (Å²) in [6, 6.07) is 14.8. The number of nitrogens with zero attached hydrogens (tertiary/aromatic N) is 2. The van der Waals surface area contributed by atoms with Gasteiger partial charge in [-0.15, -0.1) is 0 Å². The molecule has 1 amide bonds. The zero-order valence-corrected chi connectivity index (χ0v) is 19.4. The van der Waals surface area contributed by atoms with Crippen molar-refractivity contribution in [3.63, 3.8) is 0 Å². The fraction of sp³-hybridized carbons (Fsp3) is 0.364. The number of fused-ring (bicyclic) bond motifs is 1. The Morgan fingerprint density at radius 2 is 1.94 bits per heavy atom. The first-order chi connectivity index (χ1) is 14.8. The molecule has 0 N–H and O–H groups in total. The first-order valence-electron chi connectivity index (χ1n) is 9.96. The van der Waals surface area contributed by atoms with Gasteiger partial charge in [0.15, 0.2) is 15.0 Å². The number of aliphatic imine (C=N–C) groups is 1. The molecule has 2 heterocycles. The van der Waals surface area contributed by atoms with E-state index in [2.05, 4.69) is 4.99 Å². The SMILES string of the molecule is COc1ccc(CCN2C(=NC(=O)Cc3ccccc3Cl)S[C@@H]3CS(=O)(=O)C[C@H]32)cc1. The fourth-order valence-corrected chi connectivity index (χ4v) is 8.09. The van der Waals surface area contributed by atoms with Gasteiger partial charge in [0.2, 0.25) is 0 Å². The monoisotopic (exact) mass is 478 g/mol. The van der Waals surface area contributed by atoms with Crippen molar-refractivity contribution in [2.24, 2.45) is 4.99 Å². The Labute approximate surface area is 191 Å². The van der Waals surface area contributed by atoms with Crippen LogP contribution in [0.4, 0.5) is 0 Å². The van der Waals surface area contributed by atoms with Crippen molar-refractivity contribution in [2.45, 2.75) is 24.1 Å². The number of carbonyl (C=O) groups is 1. The number of sulfone groups is 1. The number of carbonyl (C=O) groups excluding carboxylic acids is 1. The highest BCUT2D eigenvalue weighted by Gasteiger charge is 2.48. The van der Waals surface area contributed by atoms with E-state index in [1.807, 2.05) is 47.4 Å². The molecule has 2 aliphatic rings. The minimum absolute atomic E-state index is 0.0901. The molecule has 0 aromatic heterocycles. The predicted octanol–water partition coefficient (Wildman–Crippen LogP) is 3.23. The van der Waals surface area contributed by atoms with E-state index in [-0.39, 0.29) is 35.1 Å². The van der Waals surface area contributed by atoms with Gasteiger partial charge in [-0.2, -0.15) is 4.99 Å². The lowest BCUT2D eigenvalue weighted by molar-refractivity contribution is -0.117. The van der Waals surface area contributed by atoms with Crippen LogP contribution in [-0.4, -0.2) is 60.8 Å². The summed E-state index contributed by atoms with van der Waals surface area (Å²) in [6.07, 6.45) is 0.829. The van der Waals surface area contributed by atoms with Crippen molar-refractivity contribution >= 4 is 44.3 Å². The van der Waals surface area contributed by atoms with Gasteiger partial charge in [0, 0.05) is 16.8 Å². The molecule has 0 spiro atoms. The molecule has 6 nitrogen and oxygen atoms in total. The summed E-state index contributed by atoms with van der Waals surface area (Å²) in [5, 5.41) is 1.05. The summed E-state index contributed by atoms with van der Waals surface area (Å²) in [6.45, 7) is 0.591. The summed E-state index contributed by atoms with van der Waals surface area (Å²) in [5.74, 6) is 0.729. The third kappa shape index (κ3) is 5.25. The average molecular weight is 479 g/mol. The van der Waals surface area contributed by atoms with Crippen LogP contribution in [0.25, 0.3) is 0 Å². The van der Waals surface area contributed by atoms with E-state index in [9.17, 15) is 13.2 Å². The summed E-state index contributed by atoms with van der Waals surface area (Å²) in [7, 11) is -1.45. The highest BCUT2D eigenvalue weighted by atomic mass is 35.5. The van der Waals surface area contributed by atoms with Crippen molar-refractivity contribution in [1.82, 2.24) is 4.90 Å². The van der Waals surface area contributed by atoms with Crippen molar-refractivity contribution in [3.8, 4) is 5.75 Å². The zero-order valence-electron chi connectivity index (χ0n) is 17.0. The normalized spacial score (nSPS) is 23.2. The summed E-state index contributed by atoms with van der Waals surface area (Å²) >= 11 is 7.57. The van der Waals surface area contributed by atoms with Crippen LogP contribution >= 0.6 is 23.4 Å². The van der Waals surface area contributed by atoms with Gasteiger partial charge < -0.3 is 9.64 Å². The Balaban J connectivity index is 1.51. The molecular formula is C22H23ClN2O4S2. The molecule has 0 aliphatic carbocycles. The number of hydrogen-bond donors (Lipinski definition) is 0. The van der Waals surface area contributed by atoms with E-state index in [1.165, 1.54) is 11.8 Å². The number of thioether (sulfide) groups is 1. The Hall–Kier alpha value is -2.03. The van der Waals surface area contributed by atoms with Crippen LogP contribution in [0.5, 0.6) is 5.75 Å². The minimum Gasteiger partial charge on any atom is -0.497 e. The standard InChI is InChI=1S/C22H23ClN2O4S2/c1-29-17-8-6-15(7-9-17)10-11-25-19-13-31(27,28)14-20(19)30-22(25)24-21(26)12-16-4-2-3-5-18(16)23/h2-9,19-20H,10-14H2,1H3/t19-,20-/m1/s1. The van der Waals surface area contributed by atoms with E-state index >= 15 is 0 Å². The molecule has 2 atom stereocenters. The van der Waals surface area contributed by atoms with Crippen LogP contribution in [0.3, 0.4) is 0 Å². The first kappa shape index (κ1) is 22.2. The van der Waals surface area contributed by atoms with Crippen LogP contribution in [-0.2, 0) is 27.5 Å². The quantitative estimate of drug-likeness (QED) is 0.634. The van der Waals surface area contributed by atoms with Crippen molar-refractivity contribution in [3.05, 3.63) is 64.7 Å². The van der Waals surface area contributed by atoms with Crippen LogP contribution in [0.15, 0.2) is 53.5 Å².